The summed E-state index contributed by atoms with van der Waals surface area (Å²) in [7, 11) is 0. The molecular formula is C23H30F5N5O2. The van der Waals surface area contributed by atoms with Gasteiger partial charge in [-0.2, -0.15) is 18.3 Å². The molecule has 2 unspecified atom stereocenters. The van der Waals surface area contributed by atoms with E-state index in [1.807, 2.05) is 6.92 Å². The van der Waals surface area contributed by atoms with Crippen molar-refractivity contribution < 1.29 is 31.5 Å². The van der Waals surface area contributed by atoms with Gasteiger partial charge in [0.15, 0.2) is 11.6 Å². The van der Waals surface area contributed by atoms with Crippen molar-refractivity contribution in [2.24, 2.45) is 11.0 Å². The molecule has 0 aliphatic carbocycles. The van der Waals surface area contributed by atoms with Crippen LogP contribution < -0.4 is 11.0 Å². The Kier molecular flexibility index (Phi) is 8.34. The van der Waals surface area contributed by atoms with Crippen molar-refractivity contribution in [3.63, 3.8) is 0 Å². The third-order valence-electron chi connectivity index (χ3n) is 6.58. The number of rotatable bonds is 2. The smallest absolute Gasteiger partial charge is 0.342 e. The molecular weight excluding hydrogens is 473 g/mol. The van der Waals surface area contributed by atoms with Crippen LogP contribution in [0.4, 0.5) is 22.0 Å². The summed E-state index contributed by atoms with van der Waals surface area (Å²) >= 11 is 0. The molecule has 35 heavy (non-hydrogen) atoms. The Hall–Kier alpha value is -2.76. The maximum atomic E-state index is 14.0. The maximum absolute atomic E-state index is 14.0. The predicted octanol–water partition coefficient (Wildman–Crippen LogP) is 3.42. The van der Waals surface area contributed by atoms with Crippen LogP contribution in [-0.4, -0.2) is 59.5 Å². The van der Waals surface area contributed by atoms with Crippen molar-refractivity contribution >= 4 is 17.5 Å². The SMILES string of the molecule is CC(=O)N1CCC(C)NNN=C(C(=O)N2CCC(c3ccc(F)c(F)c3C(F)(F)F)CC2)C(C)C1. The number of hydrazine groups is 1. The summed E-state index contributed by atoms with van der Waals surface area (Å²) in [5.41, 5.74) is 3.98. The molecule has 2 aliphatic heterocycles. The lowest BCUT2D eigenvalue weighted by atomic mass is 9.85. The van der Waals surface area contributed by atoms with Gasteiger partial charge in [0.2, 0.25) is 5.91 Å². The maximum Gasteiger partial charge on any atom is 0.419 e. The van der Waals surface area contributed by atoms with Crippen molar-refractivity contribution in [2.45, 2.75) is 58.2 Å². The highest BCUT2D eigenvalue weighted by Crippen LogP contribution is 2.41. The van der Waals surface area contributed by atoms with Gasteiger partial charge in [0.25, 0.3) is 5.91 Å². The molecule has 2 amide bonds. The van der Waals surface area contributed by atoms with Crippen molar-refractivity contribution in [2.75, 3.05) is 26.2 Å². The van der Waals surface area contributed by atoms with Gasteiger partial charge in [0.05, 0.1) is 5.56 Å². The summed E-state index contributed by atoms with van der Waals surface area (Å²) in [5, 5.41) is 4.22. The molecule has 1 fully saturated rings. The number of halogens is 5. The van der Waals surface area contributed by atoms with Crippen LogP contribution in [0.25, 0.3) is 0 Å². The highest BCUT2D eigenvalue weighted by atomic mass is 19.4. The Morgan fingerprint density at radius 3 is 2.26 bits per heavy atom. The number of nitrogens with zero attached hydrogens (tertiary/aromatic N) is 3. The molecule has 2 N–H and O–H groups in total. The van der Waals surface area contributed by atoms with Gasteiger partial charge in [-0.1, -0.05) is 13.0 Å². The second-order valence-electron chi connectivity index (χ2n) is 9.20. The minimum absolute atomic E-state index is 0.0139. The van der Waals surface area contributed by atoms with Crippen LogP contribution in [-0.2, 0) is 15.8 Å². The molecule has 12 heteroatoms. The van der Waals surface area contributed by atoms with Gasteiger partial charge in [0.1, 0.15) is 5.71 Å². The topological polar surface area (TPSA) is 77.0 Å². The molecule has 0 aromatic heterocycles. The van der Waals surface area contributed by atoms with Gasteiger partial charge >= 0.3 is 6.18 Å². The third kappa shape index (κ3) is 6.28. The summed E-state index contributed by atoms with van der Waals surface area (Å²) in [6.07, 6.45) is -4.03. The summed E-state index contributed by atoms with van der Waals surface area (Å²) in [6.45, 7) is 6.23. The largest absolute Gasteiger partial charge is 0.419 e. The fourth-order valence-electron chi connectivity index (χ4n) is 4.54. The van der Waals surface area contributed by atoms with Crippen molar-refractivity contribution in [3.8, 4) is 0 Å². The molecule has 1 saturated heterocycles. The summed E-state index contributed by atoms with van der Waals surface area (Å²) in [5.74, 6) is -5.02. The number of likely N-dealkylation sites (tertiary alicyclic amines) is 1. The number of hydrogen-bond acceptors (Lipinski definition) is 5. The molecule has 2 heterocycles. The van der Waals surface area contributed by atoms with E-state index in [2.05, 4.69) is 16.1 Å². The van der Waals surface area contributed by atoms with E-state index in [9.17, 15) is 31.5 Å². The third-order valence-corrected chi connectivity index (χ3v) is 6.58. The molecule has 1 aromatic carbocycles. The van der Waals surface area contributed by atoms with Gasteiger partial charge in [-0.25, -0.2) is 19.7 Å². The molecule has 194 valence electrons. The molecule has 3 rings (SSSR count). The van der Waals surface area contributed by atoms with E-state index in [0.29, 0.717) is 25.6 Å². The van der Waals surface area contributed by atoms with Gasteiger partial charge in [-0.3, -0.25) is 9.59 Å². The Bertz CT molecular complexity index is 976. The number of carbonyl (C=O) groups excluding carboxylic acids is 2. The molecule has 2 atom stereocenters. The van der Waals surface area contributed by atoms with Crippen molar-refractivity contribution in [1.29, 1.82) is 0 Å². The number of nitrogens with one attached hydrogen (secondary N) is 2. The zero-order chi connectivity index (χ0) is 25.9. The van der Waals surface area contributed by atoms with E-state index in [-0.39, 0.29) is 55.1 Å². The standard InChI is InChI=1S/C23H30F5N5O2/c1-13-12-33(15(3)34)9-6-14(2)29-31-30-21(13)22(35)32-10-7-16(8-11-32)17-4-5-18(24)20(25)19(17)23(26,27)28/h4-5,13-14,16,29,31H,6-12H2,1-3H3. The summed E-state index contributed by atoms with van der Waals surface area (Å²) < 4.78 is 67.9. The van der Waals surface area contributed by atoms with E-state index >= 15 is 0 Å². The quantitative estimate of drug-likeness (QED) is 0.607. The van der Waals surface area contributed by atoms with Crippen molar-refractivity contribution in [3.05, 3.63) is 34.9 Å². The van der Waals surface area contributed by atoms with E-state index in [4.69, 9.17) is 0 Å². The zero-order valence-corrected chi connectivity index (χ0v) is 19.9. The Balaban J connectivity index is 1.76. The highest BCUT2D eigenvalue weighted by molar-refractivity contribution is 6.39. The normalized spacial score (nSPS) is 22.9. The van der Waals surface area contributed by atoms with Gasteiger partial charge in [-0.05, 0) is 43.7 Å². The lowest BCUT2D eigenvalue weighted by Crippen LogP contribution is -2.49. The monoisotopic (exact) mass is 503 g/mol. The number of amides is 2. The van der Waals surface area contributed by atoms with E-state index in [1.54, 1.807) is 11.8 Å². The number of hydrogen-bond donors (Lipinski definition) is 2. The average molecular weight is 504 g/mol. The predicted molar refractivity (Wildman–Crippen MR) is 119 cm³/mol. The number of benzene rings is 1. The van der Waals surface area contributed by atoms with Gasteiger partial charge in [0, 0.05) is 45.1 Å². The van der Waals surface area contributed by atoms with E-state index in [1.165, 1.54) is 11.8 Å². The lowest BCUT2D eigenvalue weighted by molar-refractivity contribution is -0.141. The van der Waals surface area contributed by atoms with Crippen LogP contribution in [0, 0.1) is 17.6 Å². The van der Waals surface area contributed by atoms with Crippen LogP contribution in [0.1, 0.15) is 57.1 Å². The van der Waals surface area contributed by atoms with Crippen LogP contribution in [0.3, 0.4) is 0 Å². The molecule has 2 aliphatic rings. The zero-order valence-electron chi connectivity index (χ0n) is 19.9. The molecule has 0 spiro atoms. The second-order valence-corrected chi connectivity index (χ2v) is 9.20. The first kappa shape index (κ1) is 26.8. The van der Waals surface area contributed by atoms with Gasteiger partial charge in [-0.15, -0.1) is 0 Å². The fraction of sp³-hybridized carbons (Fsp3) is 0.609. The molecule has 0 radical (unpaired) electrons. The number of piperidine rings is 1. The highest BCUT2D eigenvalue weighted by Gasteiger charge is 2.41. The minimum atomic E-state index is -5.03. The lowest BCUT2D eigenvalue weighted by Gasteiger charge is -2.35. The Labute approximate surface area is 200 Å². The van der Waals surface area contributed by atoms with Crippen molar-refractivity contribution in [1.82, 2.24) is 20.8 Å². The number of hydrazone groups is 1. The molecule has 7 nitrogen and oxygen atoms in total. The summed E-state index contributed by atoms with van der Waals surface area (Å²) in [6, 6.07) is 1.66. The fourth-order valence-corrected chi connectivity index (χ4v) is 4.54. The van der Waals surface area contributed by atoms with E-state index in [0.717, 1.165) is 6.07 Å². The molecule has 0 bridgehead atoms. The molecule has 0 saturated carbocycles. The molecule has 1 aromatic rings. The first-order valence-corrected chi connectivity index (χ1v) is 11.6. The minimum Gasteiger partial charge on any atom is -0.342 e. The van der Waals surface area contributed by atoms with Crippen LogP contribution in [0.15, 0.2) is 17.2 Å². The second kappa shape index (κ2) is 10.9. The van der Waals surface area contributed by atoms with Crippen LogP contribution in [0.2, 0.25) is 0 Å². The summed E-state index contributed by atoms with van der Waals surface area (Å²) in [4.78, 5) is 28.5. The first-order chi connectivity index (χ1) is 16.4. The van der Waals surface area contributed by atoms with E-state index < -0.39 is 35.2 Å². The first-order valence-electron chi connectivity index (χ1n) is 11.6. The average Bonchev–Trinajstić information content (AvgIpc) is 2.79. The number of alkyl halides is 3. The number of carbonyl (C=O) groups is 2. The van der Waals surface area contributed by atoms with Crippen LogP contribution in [0.5, 0.6) is 0 Å². The van der Waals surface area contributed by atoms with Gasteiger partial charge < -0.3 is 9.80 Å². The Morgan fingerprint density at radius 2 is 1.66 bits per heavy atom. The Morgan fingerprint density at radius 1 is 1.03 bits per heavy atom. The van der Waals surface area contributed by atoms with Crippen LogP contribution >= 0.6 is 0 Å².